The number of rotatable bonds is 9. The summed E-state index contributed by atoms with van der Waals surface area (Å²) in [6.45, 7) is 18.4. The Morgan fingerprint density at radius 3 is 2.56 bits per heavy atom. The van der Waals surface area contributed by atoms with Crippen molar-refractivity contribution in [2.45, 2.75) is 72.5 Å². The second kappa shape index (κ2) is 11.2. The van der Waals surface area contributed by atoms with Crippen LogP contribution in [0.5, 0.6) is 0 Å². The predicted octanol–water partition coefficient (Wildman–Crippen LogP) is 3.56. The van der Waals surface area contributed by atoms with E-state index in [1.807, 2.05) is 4.68 Å². The number of tetrazole rings is 1. The molecule has 9 heteroatoms. The molecule has 0 saturated carbocycles. The van der Waals surface area contributed by atoms with Gasteiger partial charge in [-0.3, -0.25) is 14.6 Å². The topological polar surface area (TPSA) is 92.2 Å². The second-order valence-electron chi connectivity index (χ2n) is 11.0. The lowest BCUT2D eigenvalue weighted by Gasteiger charge is -2.35. The first-order valence-electron chi connectivity index (χ1n) is 13.1. The van der Waals surface area contributed by atoms with Crippen LogP contribution in [0.2, 0.25) is 0 Å². The van der Waals surface area contributed by atoms with Crippen LogP contribution in [0.25, 0.3) is 10.9 Å². The molecule has 0 radical (unpaired) electrons. The molecule has 196 valence electrons. The Kier molecular flexibility index (Phi) is 8.22. The van der Waals surface area contributed by atoms with E-state index in [0.717, 1.165) is 74.5 Å². The fourth-order valence-electron chi connectivity index (χ4n) is 4.93. The van der Waals surface area contributed by atoms with E-state index >= 15 is 0 Å². The first kappa shape index (κ1) is 26.4. The molecule has 1 aromatic carbocycles. The predicted molar refractivity (Wildman–Crippen MR) is 142 cm³/mol. The minimum atomic E-state index is -0.240. The Hall–Kier alpha value is -2.62. The lowest BCUT2D eigenvalue weighted by molar-refractivity contribution is 0.0287. The number of benzene rings is 1. The van der Waals surface area contributed by atoms with E-state index in [4.69, 9.17) is 4.74 Å². The van der Waals surface area contributed by atoms with Crippen LogP contribution in [0.4, 0.5) is 0 Å². The van der Waals surface area contributed by atoms with Crippen LogP contribution in [0.1, 0.15) is 69.1 Å². The van der Waals surface area contributed by atoms with E-state index in [1.54, 1.807) is 0 Å². The molecule has 36 heavy (non-hydrogen) atoms. The molecule has 1 atom stereocenters. The summed E-state index contributed by atoms with van der Waals surface area (Å²) < 4.78 is 7.48. The molecule has 2 aromatic heterocycles. The van der Waals surface area contributed by atoms with Gasteiger partial charge in [0.1, 0.15) is 0 Å². The third-order valence-electron chi connectivity index (χ3n) is 7.15. The average Bonchev–Trinajstić information content (AvgIpc) is 3.33. The largest absolute Gasteiger partial charge is 0.379 e. The maximum Gasteiger partial charge on any atom is 0.252 e. The standard InChI is InChI=1S/C27H41N7O2/c1-7-8-24(25-29-30-31-34(25)27(4,5)6)33(10-9-32-11-13-36-14-12-32)18-22-17-21-15-19(2)20(3)16-23(21)28-26(22)35/h15-17,24H,7-14,18H2,1-6H3,(H,28,35)/t24-/m0/s1. The third kappa shape index (κ3) is 6.02. The van der Waals surface area contributed by atoms with Gasteiger partial charge in [0.15, 0.2) is 5.82 Å². The lowest BCUT2D eigenvalue weighted by Crippen LogP contribution is -2.43. The van der Waals surface area contributed by atoms with E-state index in [1.165, 1.54) is 11.1 Å². The molecule has 4 rings (SSSR count). The Morgan fingerprint density at radius 2 is 1.86 bits per heavy atom. The van der Waals surface area contributed by atoms with Crippen molar-refractivity contribution in [1.82, 2.24) is 35.0 Å². The highest BCUT2D eigenvalue weighted by molar-refractivity contribution is 5.80. The average molecular weight is 496 g/mol. The van der Waals surface area contributed by atoms with E-state index in [-0.39, 0.29) is 17.1 Å². The van der Waals surface area contributed by atoms with Crippen LogP contribution < -0.4 is 5.56 Å². The Morgan fingerprint density at radius 1 is 1.14 bits per heavy atom. The van der Waals surface area contributed by atoms with Gasteiger partial charge in [-0.1, -0.05) is 13.3 Å². The quantitative estimate of drug-likeness (QED) is 0.485. The molecule has 0 unspecified atom stereocenters. The van der Waals surface area contributed by atoms with Gasteiger partial charge >= 0.3 is 0 Å². The summed E-state index contributed by atoms with van der Waals surface area (Å²) in [4.78, 5) is 21.2. The molecule has 0 amide bonds. The van der Waals surface area contributed by atoms with Crippen molar-refractivity contribution < 1.29 is 4.74 Å². The van der Waals surface area contributed by atoms with Gasteiger partial charge in [-0.05, 0) is 86.2 Å². The smallest absolute Gasteiger partial charge is 0.252 e. The molecular weight excluding hydrogens is 454 g/mol. The van der Waals surface area contributed by atoms with Gasteiger partial charge in [-0.15, -0.1) is 5.10 Å². The molecule has 1 saturated heterocycles. The number of aromatic nitrogens is 5. The number of hydrogen-bond donors (Lipinski definition) is 1. The Balaban J connectivity index is 1.70. The molecule has 3 heterocycles. The van der Waals surface area contributed by atoms with Crippen molar-refractivity contribution in [3.63, 3.8) is 0 Å². The molecule has 0 bridgehead atoms. The number of nitrogens with one attached hydrogen (secondary N) is 1. The molecule has 9 nitrogen and oxygen atoms in total. The highest BCUT2D eigenvalue weighted by Crippen LogP contribution is 2.29. The minimum Gasteiger partial charge on any atom is -0.379 e. The van der Waals surface area contributed by atoms with Crippen LogP contribution >= 0.6 is 0 Å². The highest BCUT2D eigenvalue weighted by Gasteiger charge is 2.30. The van der Waals surface area contributed by atoms with Crippen molar-refractivity contribution >= 4 is 10.9 Å². The van der Waals surface area contributed by atoms with Crippen LogP contribution in [0, 0.1) is 13.8 Å². The second-order valence-corrected chi connectivity index (χ2v) is 11.0. The van der Waals surface area contributed by atoms with E-state index in [9.17, 15) is 4.79 Å². The zero-order chi connectivity index (χ0) is 25.9. The molecule has 1 aliphatic rings. The number of fused-ring (bicyclic) bond motifs is 1. The molecule has 3 aromatic rings. The number of hydrogen-bond acceptors (Lipinski definition) is 7. The number of ether oxygens (including phenoxy) is 1. The highest BCUT2D eigenvalue weighted by atomic mass is 16.5. The van der Waals surface area contributed by atoms with Crippen LogP contribution in [0.15, 0.2) is 23.0 Å². The van der Waals surface area contributed by atoms with E-state index in [0.29, 0.717) is 6.54 Å². The number of aromatic amines is 1. The summed E-state index contributed by atoms with van der Waals surface area (Å²) in [6.07, 6.45) is 1.89. The van der Waals surface area contributed by atoms with Crippen molar-refractivity contribution in [3.8, 4) is 0 Å². The maximum atomic E-state index is 13.2. The van der Waals surface area contributed by atoms with Crippen molar-refractivity contribution in [2.75, 3.05) is 39.4 Å². The van der Waals surface area contributed by atoms with Crippen molar-refractivity contribution in [2.24, 2.45) is 0 Å². The van der Waals surface area contributed by atoms with Crippen LogP contribution in [0.3, 0.4) is 0 Å². The molecule has 0 aliphatic carbocycles. The number of H-pyrrole nitrogens is 1. The van der Waals surface area contributed by atoms with Gasteiger partial charge < -0.3 is 9.72 Å². The zero-order valence-electron chi connectivity index (χ0n) is 22.7. The number of pyridine rings is 1. The van der Waals surface area contributed by atoms with E-state index < -0.39 is 0 Å². The first-order valence-corrected chi connectivity index (χ1v) is 13.1. The zero-order valence-corrected chi connectivity index (χ0v) is 22.7. The number of aryl methyl sites for hydroxylation is 2. The summed E-state index contributed by atoms with van der Waals surface area (Å²) in [5.41, 5.74) is 3.77. The maximum absolute atomic E-state index is 13.2. The van der Waals surface area contributed by atoms with Crippen LogP contribution in [-0.4, -0.2) is 74.4 Å². The van der Waals surface area contributed by atoms with Crippen molar-refractivity contribution in [3.05, 3.63) is 51.1 Å². The normalized spacial score (nSPS) is 16.2. The summed E-state index contributed by atoms with van der Waals surface area (Å²) in [5.74, 6) is 0.856. The number of morpholine rings is 1. The molecule has 0 spiro atoms. The van der Waals surface area contributed by atoms with Gasteiger partial charge in [0, 0.05) is 43.8 Å². The van der Waals surface area contributed by atoms with Gasteiger partial charge in [-0.2, -0.15) is 0 Å². The summed E-state index contributed by atoms with van der Waals surface area (Å²) in [7, 11) is 0. The van der Waals surface area contributed by atoms with Gasteiger partial charge in [-0.25, -0.2) is 4.68 Å². The van der Waals surface area contributed by atoms with Crippen LogP contribution in [-0.2, 0) is 16.8 Å². The fourth-order valence-corrected chi connectivity index (χ4v) is 4.93. The molecular formula is C27H41N7O2. The monoisotopic (exact) mass is 495 g/mol. The van der Waals surface area contributed by atoms with Gasteiger partial charge in [0.25, 0.3) is 5.56 Å². The molecule has 1 N–H and O–H groups in total. The summed E-state index contributed by atoms with van der Waals surface area (Å²) in [5, 5.41) is 13.9. The van der Waals surface area contributed by atoms with Gasteiger partial charge in [0.05, 0.1) is 24.8 Å². The summed E-state index contributed by atoms with van der Waals surface area (Å²) in [6, 6.07) is 6.27. The van der Waals surface area contributed by atoms with Crippen molar-refractivity contribution in [1.29, 1.82) is 0 Å². The SMILES string of the molecule is CCC[C@@H](c1nnnn1C(C)(C)C)N(CCN1CCOCC1)Cc1cc2cc(C)c(C)cc2[nH]c1=O. The molecule has 1 aliphatic heterocycles. The minimum absolute atomic E-state index is 0.000108. The lowest BCUT2D eigenvalue weighted by atomic mass is 10.0. The number of nitrogens with zero attached hydrogens (tertiary/aromatic N) is 6. The Bertz CT molecular complexity index is 1220. The Labute approximate surface area is 213 Å². The van der Waals surface area contributed by atoms with Gasteiger partial charge in [0.2, 0.25) is 0 Å². The first-order chi connectivity index (χ1) is 17.2. The molecule has 1 fully saturated rings. The van der Waals surface area contributed by atoms with E-state index in [2.05, 4.69) is 90.1 Å². The fraction of sp³-hybridized carbons (Fsp3) is 0.630. The third-order valence-corrected chi connectivity index (χ3v) is 7.15. The summed E-state index contributed by atoms with van der Waals surface area (Å²) >= 11 is 0.